The summed E-state index contributed by atoms with van der Waals surface area (Å²) in [7, 11) is 0. The Morgan fingerprint density at radius 3 is 2.55 bits per heavy atom. The van der Waals surface area contributed by atoms with E-state index in [1.165, 1.54) is 12.1 Å². The van der Waals surface area contributed by atoms with Crippen molar-refractivity contribution in [3.8, 4) is 0 Å². The highest BCUT2D eigenvalue weighted by Gasteiger charge is 2.23. The van der Waals surface area contributed by atoms with Gasteiger partial charge in [0.2, 0.25) is 0 Å². The summed E-state index contributed by atoms with van der Waals surface area (Å²) in [6.45, 7) is 5.58. The molecule has 1 aromatic carbocycles. The number of nitrogens with one attached hydrogen (secondary N) is 2. The molecule has 0 aliphatic rings. The normalized spacial score (nSPS) is 12.6. The van der Waals surface area contributed by atoms with Crippen molar-refractivity contribution in [3.63, 3.8) is 0 Å². The van der Waals surface area contributed by atoms with Gasteiger partial charge in [0.15, 0.2) is 0 Å². The smallest absolute Gasteiger partial charge is 0.313 e. The number of benzene rings is 1. The molecule has 0 heterocycles. The Kier molecular flexibility index (Phi) is 6.32. The Morgan fingerprint density at radius 2 is 2.00 bits per heavy atom. The summed E-state index contributed by atoms with van der Waals surface area (Å²) in [4.78, 5) is 23.4. The highest BCUT2D eigenvalue weighted by molar-refractivity contribution is 6.39. The van der Waals surface area contributed by atoms with Crippen molar-refractivity contribution in [2.75, 3.05) is 11.9 Å². The van der Waals surface area contributed by atoms with Crippen LogP contribution in [0.2, 0.25) is 5.02 Å². The molecule has 1 aromatic rings. The zero-order chi connectivity index (χ0) is 16.9. The van der Waals surface area contributed by atoms with Gasteiger partial charge in [0.1, 0.15) is 5.82 Å². The van der Waals surface area contributed by atoms with Crippen LogP contribution in [0.4, 0.5) is 10.1 Å². The number of carbonyl (C=O) groups excluding carboxylic acids is 2. The molecule has 1 atom stereocenters. The Morgan fingerprint density at radius 1 is 1.36 bits per heavy atom. The van der Waals surface area contributed by atoms with Crippen molar-refractivity contribution in [1.29, 1.82) is 0 Å². The van der Waals surface area contributed by atoms with E-state index in [1.54, 1.807) is 6.92 Å². The van der Waals surface area contributed by atoms with Crippen molar-refractivity contribution < 1.29 is 19.1 Å². The van der Waals surface area contributed by atoms with E-state index in [1.807, 2.05) is 13.8 Å². The topological polar surface area (TPSA) is 78.4 Å². The lowest BCUT2D eigenvalue weighted by Crippen LogP contribution is -2.41. The molecule has 0 saturated heterocycles. The van der Waals surface area contributed by atoms with E-state index in [4.69, 9.17) is 11.6 Å². The summed E-state index contributed by atoms with van der Waals surface area (Å²) < 4.78 is 13.5. The number of halogens is 2. The van der Waals surface area contributed by atoms with E-state index in [2.05, 4.69) is 10.6 Å². The van der Waals surface area contributed by atoms with Crippen LogP contribution < -0.4 is 10.6 Å². The van der Waals surface area contributed by atoms with Crippen LogP contribution in [0, 0.1) is 11.2 Å². The van der Waals surface area contributed by atoms with Gasteiger partial charge >= 0.3 is 11.8 Å². The Hall–Kier alpha value is -1.66. The molecule has 0 radical (unpaired) electrons. The Balaban J connectivity index is 2.57. The minimum absolute atomic E-state index is 0.118. The van der Waals surface area contributed by atoms with Gasteiger partial charge in [0, 0.05) is 11.6 Å². The van der Waals surface area contributed by atoms with Crippen molar-refractivity contribution in [2.24, 2.45) is 5.41 Å². The van der Waals surface area contributed by atoms with E-state index in [-0.39, 0.29) is 22.7 Å². The lowest BCUT2D eigenvalue weighted by Gasteiger charge is -2.26. The molecule has 7 heteroatoms. The van der Waals surface area contributed by atoms with Gasteiger partial charge in [-0.15, -0.1) is 0 Å². The van der Waals surface area contributed by atoms with Crippen LogP contribution in [0.1, 0.15) is 27.2 Å². The molecule has 1 unspecified atom stereocenters. The molecule has 1 rings (SSSR count). The van der Waals surface area contributed by atoms with Crippen molar-refractivity contribution in [2.45, 2.75) is 33.3 Å². The number of anilines is 1. The molecule has 0 saturated carbocycles. The lowest BCUT2D eigenvalue weighted by molar-refractivity contribution is -0.136. The van der Waals surface area contributed by atoms with Crippen molar-refractivity contribution in [3.05, 3.63) is 29.0 Å². The number of hydrogen-bond donors (Lipinski definition) is 3. The van der Waals surface area contributed by atoms with Crippen molar-refractivity contribution >= 4 is 29.1 Å². The zero-order valence-corrected chi connectivity index (χ0v) is 13.5. The summed E-state index contributed by atoms with van der Waals surface area (Å²) >= 11 is 5.61. The molecule has 0 fully saturated rings. The molecule has 5 nitrogen and oxygen atoms in total. The largest absolute Gasteiger partial charge is 0.393 e. The average Bonchev–Trinajstić information content (AvgIpc) is 2.37. The first-order chi connectivity index (χ1) is 10.1. The summed E-state index contributed by atoms with van der Waals surface area (Å²) in [5.41, 5.74) is -0.483. The molecule has 0 bridgehead atoms. The third-order valence-corrected chi connectivity index (χ3v) is 3.20. The van der Waals surface area contributed by atoms with Crippen LogP contribution in [0.5, 0.6) is 0 Å². The number of rotatable bonds is 5. The van der Waals surface area contributed by atoms with Gasteiger partial charge < -0.3 is 15.7 Å². The number of carbonyl (C=O) groups is 2. The van der Waals surface area contributed by atoms with Gasteiger partial charge in [-0.25, -0.2) is 4.39 Å². The second kappa shape index (κ2) is 7.56. The van der Waals surface area contributed by atoms with Gasteiger partial charge in [-0.2, -0.15) is 0 Å². The molecule has 22 heavy (non-hydrogen) atoms. The standard InChI is InChI=1S/C15H20ClFN2O3/c1-9(20)7-15(2,3)8-18-13(21)14(22)19-12-5-4-10(16)6-11(12)17/h4-6,9,20H,7-8H2,1-3H3,(H,18,21)(H,19,22). The SMILES string of the molecule is CC(O)CC(C)(C)CNC(=O)C(=O)Nc1ccc(Cl)cc1F. The van der Waals surface area contributed by atoms with Gasteiger partial charge in [-0.05, 0) is 37.0 Å². The molecule has 0 aromatic heterocycles. The third kappa shape index (κ3) is 5.99. The van der Waals surface area contributed by atoms with Crippen LogP contribution in [0.15, 0.2) is 18.2 Å². The van der Waals surface area contributed by atoms with Crippen LogP contribution in [0.3, 0.4) is 0 Å². The maximum absolute atomic E-state index is 13.5. The summed E-state index contributed by atoms with van der Waals surface area (Å²) in [6, 6.07) is 3.73. The van der Waals surface area contributed by atoms with Crippen LogP contribution in [0.25, 0.3) is 0 Å². The maximum atomic E-state index is 13.5. The van der Waals surface area contributed by atoms with Gasteiger partial charge in [0.25, 0.3) is 0 Å². The third-order valence-electron chi connectivity index (χ3n) is 2.96. The number of aliphatic hydroxyl groups is 1. The van der Waals surface area contributed by atoms with Crippen LogP contribution in [-0.4, -0.2) is 29.6 Å². The van der Waals surface area contributed by atoms with E-state index >= 15 is 0 Å². The summed E-state index contributed by atoms with van der Waals surface area (Å²) in [5, 5.41) is 14.2. The first-order valence-electron chi connectivity index (χ1n) is 6.83. The summed E-state index contributed by atoms with van der Waals surface area (Å²) in [5.74, 6) is -2.55. The number of hydrogen-bond acceptors (Lipinski definition) is 3. The average molecular weight is 331 g/mol. The van der Waals surface area contributed by atoms with E-state index in [0.29, 0.717) is 6.42 Å². The first kappa shape index (κ1) is 18.4. The minimum Gasteiger partial charge on any atom is -0.393 e. The first-order valence-corrected chi connectivity index (χ1v) is 7.21. The second-order valence-electron chi connectivity index (χ2n) is 5.98. The quantitative estimate of drug-likeness (QED) is 0.725. The highest BCUT2D eigenvalue weighted by Crippen LogP contribution is 2.21. The Labute approximate surface area is 133 Å². The van der Waals surface area contributed by atoms with Gasteiger partial charge in [0.05, 0.1) is 11.8 Å². The van der Waals surface area contributed by atoms with E-state index < -0.39 is 23.7 Å². The maximum Gasteiger partial charge on any atom is 0.313 e. The van der Waals surface area contributed by atoms with Crippen molar-refractivity contribution in [1.82, 2.24) is 5.32 Å². The molecule has 0 aliphatic carbocycles. The minimum atomic E-state index is -0.964. The predicted octanol–water partition coefficient (Wildman–Crippen LogP) is 2.33. The lowest BCUT2D eigenvalue weighted by atomic mass is 9.87. The molecular formula is C15H20ClFN2O3. The van der Waals surface area contributed by atoms with E-state index in [9.17, 15) is 19.1 Å². The molecular weight excluding hydrogens is 311 g/mol. The molecule has 0 spiro atoms. The van der Waals surface area contributed by atoms with E-state index in [0.717, 1.165) is 6.07 Å². The van der Waals surface area contributed by atoms with Gasteiger partial charge in [-0.1, -0.05) is 25.4 Å². The Bertz CT molecular complexity index is 562. The fourth-order valence-electron chi connectivity index (χ4n) is 2.04. The molecule has 3 N–H and O–H groups in total. The summed E-state index contributed by atoms with van der Waals surface area (Å²) in [6.07, 6.45) is -0.0374. The number of aliphatic hydroxyl groups excluding tert-OH is 1. The fraction of sp³-hybridized carbons (Fsp3) is 0.467. The molecule has 2 amide bonds. The second-order valence-corrected chi connectivity index (χ2v) is 6.41. The van der Waals surface area contributed by atoms with Crippen LogP contribution >= 0.6 is 11.6 Å². The molecule has 122 valence electrons. The fourth-order valence-corrected chi connectivity index (χ4v) is 2.20. The monoisotopic (exact) mass is 330 g/mol. The predicted molar refractivity (Wildman–Crippen MR) is 83.1 cm³/mol. The van der Waals surface area contributed by atoms with Gasteiger partial charge in [-0.3, -0.25) is 9.59 Å². The van der Waals surface area contributed by atoms with Crippen LogP contribution in [-0.2, 0) is 9.59 Å². The number of amides is 2. The highest BCUT2D eigenvalue weighted by atomic mass is 35.5. The molecule has 0 aliphatic heterocycles. The zero-order valence-electron chi connectivity index (χ0n) is 12.7.